The van der Waals surface area contributed by atoms with Crippen molar-refractivity contribution in [2.24, 2.45) is 9.98 Å². The summed E-state index contributed by atoms with van der Waals surface area (Å²) < 4.78 is 11.3. The number of phenolic OH excluding ortho intramolecular Hbond substituents is 2. The zero-order valence-corrected chi connectivity index (χ0v) is 29.3. The van der Waals surface area contributed by atoms with Crippen molar-refractivity contribution in [3.63, 3.8) is 0 Å². The fraction of sp³-hybridized carbons (Fsp3) is 0.400. The maximum absolute atomic E-state index is 14.3. The average molecular weight is 742 g/mol. The number of fused-ring (bicyclic) bond motifs is 1. The molecule has 54 heavy (non-hydrogen) atoms. The molecule has 1 amide bonds. The van der Waals surface area contributed by atoms with E-state index in [1.807, 2.05) is 30.3 Å². The van der Waals surface area contributed by atoms with Gasteiger partial charge in [0.15, 0.2) is 11.5 Å². The fourth-order valence-electron chi connectivity index (χ4n) is 8.31. The molecule has 14 nitrogen and oxygen atoms in total. The Kier molecular flexibility index (Phi) is 10.6. The standard InChI is InChI=1S/C40H43N3O11/c44-20-32-35(48)36(49)37(50)39(54-32)53-31-17-28-26(16-30(31)46)27(18-40(12-4-5-13-40)24-6-2-1-3-7-24)34(38(51)52)43(28)33(47)11-9-22-8-10-29(45)23(14-22)15-25-19-41-21-42-25/h1-3,6-11,14,16-17,19,27,32,34-37,39,44-46,48-50H,4-5,12-13,15,18,20-21H2,(H,51,52). The number of ether oxygens (including phenoxy) is 2. The molecule has 1 saturated carbocycles. The smallest absolute Gasteiger partial charge is 0.327 e. The molecule has 3 aromatic carbocycles. The van der Waals surface area contributed by atoms with Crippen LogP contribution in [0.4, 0.5) is 5.69 Å². The first kappa shape index (κ1) is 37.2. The van der Waals surface area contributed by atoms with E-state index in [2.05, 4.69) is 9.98 Å². The number of aliphatic imine (C=N–C) groups is 2. The van der Waals surface area contributed by atoms with Crippen LogP contribution >= 0.6 is 0 Å². The molecule has 284 valence electrons. The van der Waals surface area contributed by atoms with Gasteiger partial charge in [0.25, 0.3) is 5.91 Å². The van der Waals surface area contributed by atoms with Crippen LogP contribution in [0.2, 0.25) is 0 Å². The Bertz CT molecular complexity index is 1970. The number of aliphatic hydroxyl groups excluding tert-OH is 4. The Hall–Kier alpha value is -5.12. The highest BCUT2D eigenvalue weighted by molar-refractivity contribution is 6.32. The van der Waals surface area contributed by atoms with E-state index in [0.29, 0.717) is 41.9 Å². The zero-order valence-electron chi connectivity index (χ0n) is 29.3. The number of amides is 1. The van der Waals surface area contributed by atoms with Crippen molar-refractivity contribution in [1.29, 1.82) is 0 Å². The zero-order chi connectivity index (χ0) is 38.1. The second kappa shape index (κ2) is 15.3. The molecule has 7 atom stereocenters. The summed E-state index contributed by atoms with van der Waals surface area (Å²) in [4.78, 5) is 37.1. The van der Waals surface area contributed by atoms with Crippen molar-refractivity contribution in [2.45, 2.75) is 86.6 Å². The fourth-order valence-corrected chi connectivity index (χ4v) is 8.31. The number of nitrogens with zero attached hydrogens (tertiary/aromatic N) is 3. The third-order valence-electron chi connectivity index (χ3n) is 11.1. The minimum atomic E-state index is -1.79. The van der Waals surface area contributed by atoms with Crippen LogP contribution in [-0.2, 0) is 26.2 Å². The predicted molar refractivity (Wildman–Crippen MR) is 197 cm³/mol. The van der Waals surface area contributed by atoms with Crippen molar-refractivity contribution in [1.82, 2.24) is 0 Å². The van der Waals surface area contributed by atoms with E-state index in [9.17, 15) is 45.3 Å². The molecule has 0 spiro atoms. The maximum atomic E-state index is 14.3. The highest BCUT2D eigenvalue weighted by atomic mass is 16.7. The molecule has 0 bridgehead atoms. The molecule has 3 heterocycles. The molecule has 2 fully saturated rings. The number of carboxylic acids is 1. The lowest BCUT2D eigenvalue weighted by Gasteiger charge is -2.39. The molecule has 14 heteroatoms. The van der Waals surface area contributed by atoms with Crippen LogP contribution in [0.25, 0.3) is 6.08 Å². The van der Waals surface area contributed by atoms with Gasteiger partial charge in [0.05, 0.1) is 18.0 Å². The topological polar surface area (TPSA) is 222 Å². The number of carbonyl (C=O) groups excluding carboxylic acids is 1. The van der Waals surface area contributed by atoms with Crippen LogP contribution in [0.1, 0.15) is 60.3 Å². The maximum Gasteiger partial charge on any atom is 0.327 e. The number of carbonyl (C=O) groups is 2. The number of hydrogen-bond donors (Lipinski definition) is 7. The molecule has 1 saturated heterocycles. The van der Waals surface area contributed by atoms with Crippen molar-refractivity contribution >= 4 is 35.6 Å². The quantitative estimate of drug-likeness (QED) is 0.142. The van der Waals surface area contributed by atoms with Crippen molar-refractivity contribution in [3.05, 3.63) is 89.0 Å². The van der Waals surface area contributed by atoms with Gasteiger partial charge >= 0.3 is 5.97 Å². The molecule has 7 N–H and O–H groups in total. The molecule has 7 rings (SSSR count). The first-order chi connectivity index (χ1) is 26.0. The van der Waals surface area contributed by atoms with Gasteiger partial charge in [-0.05, 0) is 65.6 Å². The Morgan fingerprint density at radius 1 is 0.963 bits per heavy atom. The largest absolute Gasteiger partial charge is 0.508 e. The highest BCUT2D eigenvalue weighted by Gasteiger charge is 2.51. The Labute approximate surface area is 311 Å². The number of anilines is 1. The molecular formula is C40H43N3O11. The lowest BCUT2D eigenvalue weighted by Crippen LogP contribution is -2.60. The Balaban J connectivity index is 1.27. The van der Waals surface area contributed by atoms with E-state index in [1.54, 1.807) is 18.3 Å². The number of hydrogen-bond acceptors (Lipinski definition) is 12. The summed E-state index contributed by atoms with van der Waals surface area (Å²) >= 11 is 0. The second-order valence-electron chi connectivity index (χ2n) is 14.4. The van der Waals surface area contributed by atoms with E-state index in [4.69, 9.17) is 9.47 Å². The first-order valence-corrected chi connectivity index (χ1v) is 18.0. The number of rotatable bonds is 11. The van der Waals surface area contributed by atoms with Gasteiger partial charge in [0.1, 0.15) is 42.9 Å². The summed E-state index contributed by atoms with van der Waals surface area (Å²) in [6.45, 7) is -0.376. The molecule has 7 unspecified atom stereocenters. The van der Waals surface area contributed by atoms with Gasteiger partial charge in [-0.15, -0.1) is 0 Å². The predicted octanol–water partition coefficient (Wildman–Crippen LogP) is 2.80. The summed E-state index contributed by atoms with van der Waals surface area (Å²) in [5.41, 5.74) is 3.10. The van der Waals surface area contributed by atoms with Crippen molar-refractivity contribution in [2.75, 3.05) is 18.2 Å². The van der Waals surface area contributed by atoms with E-state index in [0.717, 1.165) is 36.1 Å². The van der Waals surface area contributed by atoms with E-state index in [-0.39, 0.29) is 22.6 Å². The number of aromatic hydroxyl groups is 2. The number of phenols is 2. The monoisotopic (exact) mass is 741 g/mol. The summed E-state index contributed by atoms with van der Waals surface area (Å²) in [6, 6.07) is 16.0. The van der Waals surface area contributed by atoms with Crippen LogP contribution in [-0.4, -0.2) is 110 Å². The third kappa shape index (κ3) is 7.10. The molecule has 3 aliphatic heterocycles. The minimum Gasteiger partial charge on any atom is -0.508 e. The molecule has 0 aromatic heterocycles. The van der Waals surface area contributed by atoms with Gasteiger partial charge in [-0.25, -0.2) is 4.79 Å². The van der Waals surface area contributed by atoms with Crippen LogP contribution in [0.5, 0.6) is 17.2 Å². The van der Waals surface area contributed by atoms with Gasteiger partial charge in [-0.3, -0.25) is 19.7 Å². The molecule has 3 aromatic rings. The van der Waals surface area contributed by atoms with E-state index >= 15 is 0 Å². The SMILES string of the molecule is O=C(O)C1C(CC2(c3ccccc3)CCCC2)c2cc(O)c(OC3OC(CO)C(O)C(O)C3O)cc2N1C(=O)C=Cc1ccc(O)c(CC2=NCN=C2)c1. The minimum absolute atomic E-state index is 0.0507. The highest BCUT2D eigenvalue weighted by Crippen LogP contribution is 2.54. The molecule has 4 aliphatic rings. The van der Waals surface area contributed by atoms with Gasteiger partial charge in [0.2, 0.25) is 6.29 Å². The van der Waals surface area contributed by atoms with Gasteiger partial charge < -0.3 is 45.2 Å². The number of aliphatic hydroxyl groups is 4. The number of carboxylic acid groups (broad SMARTS) is 1. The van der Waals surface area contributed by atoms with E-state index in [1.165, 1.54) is 30.4 Å². The van der Waals surface area contributed by atoms with Crippen molar-refractivity contribution < 1.29 is 54.8 Å². The summed E-state index contributed by atoms with van der Waals surface area (Å²) in [5, 5.41) is 73.6. The van der Waals surface area contributed by atoms with Gasteiger partial charge in [0, 0.05) is 36.3 Å². The van der Waals surface area contributed by atoms with Crippen LogP contribution in [0.15, 0.2) is 76.7 Å². The molecule has 1 aliphatic carbocycles. The van der Waals surface area contributed by atoms with E-state index < -0.39 is 66.9 Å². The Morgan fingerprint density at radius 3 is 2.41 bits per heavy atom. The lowest BCUT2D eigenvalue weighted by molar-refractivity contribution is -0.277. The molecule has 0 radical (unpaired) electrons. The molecular weight excluding hydrogens is 698 g/mol. The number of aliphatic carboxylic acids is 1. The summed E-state index contributed by atoms with van der Waals surface area (Å²) in [7, 11) is 0. The summed E-state index contributed by atoms with van der Waals surface area (Å²) in [6.07, 6.45) is 0.533. The normalized spacial score (nSPS) is 27.3. The third-order valence-corrected chi connectivity index (χ3v) is 11.1. The first-order valence-electron chi connectivity index (χ1n) is 18.0. The van der Waals surface area contributed by atoms with Crippen molar-refractivity contribution in [3.8, 4) is 17.2 Å². The van der Waals surface area contributed by atoms with Crippen LogP contribution in [0, 0.1) is 0 Å². The number of benzene rings is 3. The van der Waals surface area contributed by atoms with Crippen LogP contribution in [0.3, 0.4) is 0 Å². The second-order valence-corrected chi connectivity index (χ2v) is 14.4. The van der Waals surface area contributed by atoms with Gasteiger partial charge in [-0.2, -0.15) is 0 Å². The lowest BCUT2D eigenvalue weighted by atomic mass is 9.70. The summed E-state index contributed by atoms with van der Waals surface area (Å²) in [5.74, 6) is -3.34. The Morgan fingerprint density at radius 2 is 1.72 bits per heavy atom. The van der Waals surface area contributed by atoms with Gasteiger partial charge in [-0.1, -0.05) is 49.2 Å². The average Bonchev–Trinajstić information content (AvgIpc) is 3.93. The van der Waals surface area contributed by atoms with Crippen LogP contribution < -0.4 is 9.64 Å².